The van der Waals surface area contributed by atoms with Gasteiger partial charge in [0, 0.05) is 0 Å². The Balaban J connectivity index is 3.01. The van der Waals surface area contributed by atoms with Crippen molar-refractivity contribution in [1.82, 2.24) is 0 Å². The molecule has 0 aromatic heterocycles. The van der Waals surface area contributed by atoms with Crippen LogP contribution in [0.2, 0.25) is 0 Å². The van der Waals surface area contributed by atoms with Gasteiger partial charge in [0.15, 0.2) is 0 Å². The van der Waals surface area contributed by atoms with Crippen molar-refractivity contribution in [2.75, 3.05) is 0 Å². The number of rotatable bonds is 1. The van der Waals surface area contributed by atoms with Gasteiger partial charge in [-0.2, -0.15) is 0 Å². The average molecular weight is 372 g/mol. The van der Waals surface area contributed by atoms with Gasteiger partial charge in [-0.3, -0.25) is 0 Å². The summed E-state index contributed by atoms with van der Waals surface area (Å²) in [7, 11) is 0. The van der Waals surface area contributed by atoms with E-state index in [9.17, 15) is 0 Å². The average Bonchev–Trinajstić information content (AvgIpc) is 1.89. The van der Waals surface area contributed by atoms with Crippen LogP contribution in [0.1, 0.15) is 5.56 Å². The van der Waals surface area contributed by atoms with E-state index in [1.54, 1.807) is 3.07 Å². The summed E-state index contributed by atoms with van der Waals surface area (Å²) in [4.78, 5) is 0. The molecule has 1 rings (SSSR count). The van der Waals surface area contributed by atoms with E-state index < -0.39 is 22.1 Å². The fourth-order valence-corrected chi connectivity index (χ4v) is 8.43. The van der Waals surface area contributed by atoms with Gasteiger partial charge in [0.25, 0.3) is 0 Å². The van der Waals surface area contributed by atoms with Gasteiger partial charge in [0.2, 0.25) is 0 Å². The van der Waals surface area contributed by atoms with E-state index >= 15 is 0 Å². The SMILES string of the molecule is Cc1cccc[c]1[Hg][Br]. The van der Waals surface area contributed by atoms with Crippen molar-refractivity contribution in [2.45, 2.75) is 6.92 Å². The molecule has 0 fully saturated rings. The maximum absolute atomic E-state index is 3.63. The molecule has 0 aliphatic rings. The molecule has 0 amide bonds. The molecule has 0 N–H and O–H groups in total. The Morgan fingerprint density at radius 2 is 2.00 bits per heavy atom. The van der Waals surface area contributed by atoms with Crippen molar-refractivity contribution in [3.05, 3.63) is 29.8 Å². The zero-order chi connectivity index (χ0) is 6.69. The van der Waals surface area contributed by atoms with Gasteiger partial charge >= 0.3 is 73.9 Å². The van der Waals surface area contributed by atoms with Crippen LogP contribution in [0.25, 0.3) is 0 Å². The van der Waals surface area contributed by atoms with Crippen molar-refractivity contribution in [2.24, 2.45) is 0 Å². The molecule has 0 bridgehead atoms. The van der Waals surface area contributed by atoms with Crippen LogP contribution >= 0.6 is 11.9 Å². The molecule has 0 saturated heterocycles. The van der Waals surface area contributed by atoms with Gasteiger partial charge < -0.3 is 0 Å². The number of benzene rings is 1. The molecule has 2 heteroatoms. The van der Waals surface area contributed by atoms with E-state index in [0.717, 1.165) is 0 Å². The molecule has 0 nitrogen and oxygen atoms in total. The second-order valence-corrected chi connectivity index (χ2v) is 11.0. The van der Waals surface area contributed by atoms with Crippen LogP contribution in [0.5, 0.6) is 0 Å². The fourth-order valence-electron chi connectivity index (χ4n) is 0.760. The molecule has 0 atom stereocenters. The summed E-state index contributed by atoms with van der Waals surface area (Å²) >= 11 is 2.86. The molecular formula is C7H7BrHg. The number of aryl methyl sites for hydroxylation is 1. The van der Waals surface area contributed by atoms with E-state index in [0.29, 0.717) is 0 Å². The molecule has 0 radical (unpaired) electrons. The number of halogens is 1. The van der Waals surface area contributed by atoms with Crippen LogP contribution in [-0.2, 0) is 22.1 Å². The molecule has 0 aliphatic carbocycles. The van der Waals surface area contributed by atoms with E-state index in [1.165, 1.54) is 5.56 Å². The van der Waals surface area contributed by atoms with Gasteiger partial charge in [0.1, 0.15) is 0 Å². The summed E-state index contributed by atoms with van der Waals surface area (Å²) in [5.41, 5.74) is 1.45. The van der Waals surface area contributed by atoms with Gasteiger partial charge in [0.05, 0.1) is 0 Å². The summed E-state index contributed by atoms with van der Waals surface area (Å²) in [6.45, 7) is 2.18. The zero-order valence-corrected chi connectivity index (χ0v) is 12.5. The second kappa shape index (κ2) is 3.72. The van der Waals surface area contributed by atoms with E-state index in [-0.39, 0.29) is 0 Å². The summed E-state index contributed by atoms with van der Waals surface area (Å²) in [6, 6.07) is 8.61. The van der Waals surface area contributed by atoms with Gasteiger partial charge in [-0.25, -0.2) is 0 Å². The van der Waals surface area contributed by atoms with Crippen LogP contribution in [-0.4, -0.2) is 0 Å². The molecule has 0 unspecified atom stereocenters. The quantitative estimate of drug-likeness (QED) is 0.663. The van der Waals surface area contributed by atoms with Crippen LogP contribution < -0.4 is 3.07 Å². The minimum absolute atomic E-state index is 0.775. The Morgan fingerprint density at radius 1 is 1.33 bits per heavy atom. The Labute approximate surface area is 73.3 Å². The molecule has 44 valence electrons. The molecule has 9 heavy (non-hydrogen) atoms. The van der Waals surface area contributed by atoms with Gasteiger partial charge in [-0.05, 0) is 0 Å². The monoisotopic (exact) mass is 372 g/mol. The normalized spacial score (nSPS) is 8.67. The van der Waals surface area contributed by atoms with E-state index in [1.807, 2.05) is 0 Å². The van der Waals surface area contributed by atoms with Crippen molar-refractivity contribution < 1.29 is 22.1 Å². The second-order valence-electron chi connectivity index (χ2n) is 2.06. The van der Waals surface area contributed by atoms with Gasteiger partial charge in [-0.15, -0.1) is 0 Å². The predicted molar refractivity (Wildman–Crippen MR) is 39.7 cm³/mol. The third-order valence-corrected chi connectivity index (χ3v) is 10.9. The van der Waals surface area contributed by atoms with Crippen LogP contribution in [0, 0.1) is 6.92 Å². The first kappa shape index (κ1) is 7.74. The number of hydrogen-bond donors (Lipinski definition) is 0. The molecular weight excluding hydrogens is 365 g/mol. The van der Waals surface area contributed by atoms with Crippen molar-refractivity contribution in [3.63, 3.8) is 0 Å². The maximum atomic E-state index is 3.63. The van der Waals surface area contributed by atoms with Crippen LogP contribution in [0.15, 0.2) is 24.3 Å². The Kier molecular flexibility index (Phi) is 3.20. The Hall–Kier alpha value is 0.635. The van der Waals surface area contributed by atoms with Crippen LogP contribution in [0.3, 0.4) is 0 Å². The topological polar surface area (TPSA) is 0 Å². The molecule has 0 aliphatic heterocycles. The van der Waals surface area contributed by atoms with Crippen LogP contribution in [0.4, 0.5) is 0 Å². The van der Waals surface area contributed by atoms with Crippen molar-refractivity contribution >= 4 is 15.0 Å². The fraction of sp³-hybridized carbons (Fsp3) is 0.143. The molecule has 0 saturated carbocycles. The summed E-state index contributed by atoms with van der Waals surface area (Å²) < 4.78 is 1.59. The molecule has 1 aromatic carbocycles. The third kappa shape index (κ3) is 2.04. The first-order valence-corrected chi connectivity index (χ1v) is 17.6. The Morgan fingerprint density at radius 3 is 2.44 bits per heavy atom. The predicted octanol–water partition coefficient (Wildman–Crippen LogP) is 2.01. The Bertz CT molecular complexity index is 198. The number of hydrogen-bond acceptors (Lipinski definition) is 0. The molecule has 0 heterocycles. The summed E-state index contributed by atoms with van der Waals surface area (Å²) in [5, 5.41) is 0. The molecule has 0 spiro atoms. The van der Waals surface area contributed by atoms with Crippen molar-refractivity contribution in [3.8, 4) is 0 Å². The zero-order valence-electron chi connectivity index (χ0n) is 5.39. The summed E-state index contributed by atoms with van der Waals surface area (Å²) in [5.74, 6) is 0. The standard InChI is InChI=1S/C7H7.BrH.Hg/c1-7-5-3-2-4-6-7;;/h2-5H,1H3;1H;/q;;+1/p-1. The first-order valence-electron chi connectivity index (χ1n) is 2.95. The van der Waals surface area contributed by atoms with E-state index in [4.69, 9.17) is 0 Å². The van der Waals surface area contributed by atoms with Gasteiger partial charge in [-0.1, -0.05) is 0 Å². The van der Waals surface area contributed by atoms with E-state index in [2.05, 4.69) is 43.1 Å². The molecule has 1 aromatic rings. The van der Waals surface area contributed by atoms with Crippen molar-refractivity contribution in [1.29, 1.82) is 0 Å². The minimum atomic E-state index is -0.775. The third-order valence-electron chi connectivity index (χ3n) is 1.41. The first-order chi connectivity index (χ1) is 4.34. The summed E-state index contributed by atoms with van der Waals surface area (Å²) in [6.07, 6.45) is 0.